The highest BCUT2D eigenvalue weighted by atomic mass is 16.5. The van der Waals surface area contributed by atoms with Gasteiger partial charge in [0.1, 0.15) is 12.6 Å². The predicted molar refractivity (Wildman–Crippen MR) is 123 cm³/mol. The molecule has 0 saturated heterocycles. The fourth-order valence-electron chi connectivity index (χ4n) is 3.90. The van der Waals surface area contributed by atoms with Gasteiger partial charge in [0, 0.05) is 13.1 Å². The minimum atomic E-state index is 0.0524. The molecule has 0 bridgehead atoms. The largest absolute Gasteiger partial charge is 0.477 e. The van der Waals surface area contributed by atoms with E-state index in [0.29, 0.717) is 6.61 Å². The molecule has 152 valence electrons. The third-order valence-corrected chi connectivity index (χ3v) is 5.43. The van der Waals surface area contributed by atoms with Gasteiger partial charge in [0.05, 0.1) is 6.04 Å². The van der Waals surface area contributed by atoms with Crippen LogP contribution in [0.2, 0.25) is 0 Å². The topological polar surface area (TPSA) is 24.8 Å². The third-order valence-electron chi connectivity index (χ3n) is 5.43. The van der Waals surface area contributed by atoms with Crippen LogP contribution in [0.3, 0.4) is 0 Å². The van der Waals surface area contributed by atoms with Crippen LogP contribution in [-0.2, 0) is 17.8 Å². The molecule has 0 fully saturated rings. The van der Waals surface area contributed by atoms with Gasteiger partial charge in [-0.2, -0.15) is 0 Å². The first-order chi connectivity index (χ1) is 14.8. The molecule has 1 aliphatic heterocycles. The third kappa shape index (κ3) is 5.05. The Labute approximate surface area is 179 Å². The van der Waals surface area contributed by atoms with Gasteiger partial charge in [0.15, 0.2) is 0 Å². The van der Waals surface area contributed by atoms with Crippen LogP contribution in [0.1, 0.15) is 29.2 Å². The summed E-state index contributed by atoms with van der Waals surface area (Å²) in [5.41, 5.74) is 3.75. The molecule has 0 aromatic heterocycles. The Morgan fingerprint density at radius 3 is 1.93 bits per heavy atom. The number of hydrogen-bond acceptors (Lipinski definition) is 3. The summed E-state index contributed by atoms with van der Waals surface area (Å²) in [6.45, 7) is 6.26. The molecule has 1 heterocycles. The van der Waals surface area contributed by atoms with Gasteiger partial charge in [-0.25, -0.2) is 4.99 Å². The lowest BCUT2D eigenvalue weighted by Gasteiger charge is -2.30. The lowest BCUT2D eigenvalue weighted by Crippen LogP contribution is -2.40. The monoisotopic (exact) mass is 396 g/mol. The Bertz CT molecular complexity index is 912. The normalized spacial score (nSPS) is 16.7. The Balaban J connectivity index is 1.62. The van der Waals surface area contributed by atoms with E-state index >= 15 is 0 Å². The van der Waals surface area contributed by atoms with E-state index in [1.165, 1.54) is 16.7 Å². The second-order valence-electron chi connectivity index (χ2n) is 7.62. The Morgan fingerprint density at radius 1 is 0.867 bits per heavy atom. The lowest BCUT2D eigenvalue weighted by molar-refractivity contribution is 0.193. The zero-order valence-electron chi connectivity index (χ0n) is 17.2. The molecule has 3 aromatic carbocycles. The summed E-state index contributed by atoms with van der Waals surface area (Å²) in [6.07, 6.45) is 2.76. The molecule has 4 rings (SSSR count). The number of rotatable bonds is 9. The average Bonchev–Trinajstić information content (AvgIpc) is 3.29. The van der Waals surface area contributed by atoms with Crippen molar-refractivity contribution >= 4 is 5.90 Å². The molecule has 0 radical (unpaired) electrons. The number of ether oxygens (including phenoxy) is 1. The van der Waals surface area contributed by atoms with Gasteiger partial charge >= 0.3 is 0 Å². The van der Waals surface area contributed by atoms with Gasteiger partial charge in [-0.05, 0) is 23.1 Å². The molecule has 3 aromatic rings. The molecule has 0 N–H and O–H groups in total. The van der Waals surface area contributed by atoms with E-state index in [2.05, 4.69) is 96.4 Å². The minimum absolute atomic E-state index is 0.0524. The maximum absolute atomic E-state index is 6.15. The van der Waals surface area contributed by atoms with E-state index in [-0.39, 0.29) is 12.1 Å². The zero-order chi connectivity index (χ0) is 20.6. The molecule has 2 atom stereocenters. The molecule has 0 aliphatic carbocycles. The Hall–Kier alpha value is -3.17. The molecule has 0 amide bonds. The summed E-state index contributed by atoms with van der Waals surface area (Å²) in [4.78, 5) is 7.43. The summed E-state index contributed by atoms with van der Waals surface area (Å²) in [5.74, 6) is 0.815. The smallest absolute Gasteiger partial charge is 0.202 e. The van der Waals surface area contributed by atoms with Crippen LogP contribution in [0.15, 0.2) is 109 Å². The van der Waals surface area contributed by atoms with E-state index in [4.69, 9.17) is 9.73 Å². The summed E-state index contributed by atoms with van der Waals surface area (Å²) in [7, 11) is 0. The van der Waals surface area contributed by atoms with E-state index in [1.807, 2.05) is 12.1 Å². The van der Waals surface area contributed by atoms with Crippen molar-refractivity contribution in [3.05, 3.63) is 120 Å². The standard InChI is InChI=1S/C27H28N2O/c1-2-12-26(27-28-25(21-30-27)24-17-10-5-11-18-24)29(19-22-13-6-3-7-14-22)20-23-15-8-4-9-16-23/h2-11,13-18,25-26H,1,12,19-21H2/t25-,26?/m0/s1. The van der Waals surface area contributed by atoms with E-state index < -0.39 is 0 Å². The molecule has 1 unspecified atom stereocenters. The number of aliphatic imine (C=N–C) groups is 1. The number of nitrogens with zero attached hydrogens (tertiary/aromatic N) is 2. The lowest BCUT2D eigenvalue weighted by atomic mass is 10.1. The Morgan fingerprint density at radius 2 is 1.40 bits per heavy atom. The first-order valence-corrected chi connectivity index (χ1v) is 10.5. The fourth-order valence-corrected chi connectivity index (χ4v) is 3.90. The number of benzene rings is 3. The van der Waals surface area contributed by atoms with Gasteiger partial charge in [-0.3, -0.25) is 4.90 Å². The zero-order valence-corrected chi connectivity index (χ0v) is 17.2. The quantitative estimate of drug-likeness (QED) is 0.427. The van der Waals surface area contributed by atoms with Crippen molar-refractivity contribution in [2.75, 3.05) is 6.61 Å². The Kier molecular flexibility index (Phi) is 6.73. The van der Waals surface area contributed by atoms with Crippen molar-refractivity contribution in [2.45, 2.75) is 31.6 Å². The number of hydrogen-bond donors (Lipinski definition) is 0. The maximum atomic E-state index is 6.15. The van der Waals surface area contributed by atoms with Crippen molar-refractivity contribution in [2.24, 2.45) is 4.99 Å². The van der Waals surface area contributed by atoms with Crippen molar-refractivity contribution in [1.29, 1.82) is 0 Å². The van der Waals surface area contributed by atoms with Crippen LogP contribution in [0.5, 0.6) is 0 Å². The first kappa shape index (κ1) is 20.1. The minimum Gasteiger partial charge on any atom is -0.477 e. The van der Waals surface area contributed by atoms with Gasteiger partial charge in [0.2, 0.25) is 5.90 Å². The van der Waals surface area contributed by atoms with Crippen molar-refractivity contribution < 1.29 is 4.74 Å². The van der Waals surface area contributed by atoms with Crippen LogP contribution >= 0.6 is 0 Å². The summed E-state index contributed by atoms with van der Waals surface area (Å²) < 4.78 is 6.15. The van der Waals surface area contributed by atoms with Crippen LogP contribution < -0.4 is 0 Å². The highest BCUT2D eigenvalue weighted by molar-refractivity contribution is 5.83. The van der Waals surface area contributed by atoms with Crippen LogP contribution in [-0.4, -0.2) is 23.4 Å². The SMILES string of the molecule is C=CCC(C1=N[C@H](c2ccccc2)CO1)N(Cc1ccccc1)Cc1ccccc1. The summed E-state index contributed by atoms with van der Waals surface area (Å²) in [5, 5.41) is 0. The highest BCUT2D eigenvalue weighted by Crippen LogP contribution is 2.27. The van der Waals surface area contributed by atoms with Gasteiger partial charge in [-0.15, -0.1) is 6.58 Å². The predicted octanol–water partition coefficient (Wildman–Crippen LogP) is 5.80. The van der Waals surface area contributed by atoms with Crippen molar-refractivity contribution in [3.8, 4) is 0 Å². The van der Waals surface area contributed by atoms with E-state index in [1.54, 1.807) is 0 Å². The van der Waals surface area contributed by atoms with Gasteiger partial charge in [0.25, 0.3) is 0 Å². The van der Waals surface area contributed by atoms with Gasteiger partial charge < -0.3 is 4.74 Å². The molecule has 0 spiro atoms. The van der Waals surface area contributed by atoms with Crippen LogP contribution in [0, 0.1) is 0 Å². The van der Waals surface area contributed by atoms with Crippen LogP contribution in [0.4, 0.5) is 0 Å². The molecular weight excluding hydrogens is 368 g/mol. The first-order valence-electron chi connectivity index (χ1n) is 10.5. The van der Waals surface area contributed by atoms with E-state index in [0.717, 1.165) is 25.4 Å². The fraction of sp³-hybridized carbons (Fsp3) is 0.222. The average molecular weight is 397 g/mol. The second kappa shape index (κ2) is 10.0. The molecule has 1 aliphatic rings. The molecule has 3 heteroatoms. The highest BCUT2D eigenvalue weighted by Gasteiger charge is 2.30. The van der Waals surface area contributed by atoms with Crippen molar-refractivity contribution in [1.82, 2.24) is 4.90 Å². The summed E-state index contributed by atoms with van der Waals surface area (Å²) in [6, 6.07) is 31.7. The maximum Gasteiger partial charge on any atom is 0.202 e. The van der Waals surface area contributed by atoms with E-state index in [9.17, 15) is 0 Å². The molecule has 30 heavy (non-hydrogen) atoms. The van der Waals surface area contributed by atoms with Crippen LogP contribution in [0.25, 0.3) is 0 Å². The molecule has 3 nitrogen and oxygen atoms in total. The summed E-state index contributed by atoms with van der Waals surface area (Å²) >= 11 is 0. The molecular formula is C27H28N2O. The van der Waals surface area contributed by atoms with Crippen molar-refractivity contribution in [3.63, 3.8) is 0 Å². The van der Waals surface area contributed by atoms with Gasteiger partial charge in [-0.1, -0.05) is 97.1 Å². The molecule has 0 saturated carbocycles. The second-order valence-corrected chi connectivity index (χ2v) is 7.62.